The molecule has 29 heavy (non-hydrogen) atoms. The number of hydrogen-bond donors (Lipinski definition) is 3. The molecule has 0 aliphatic carbocycles. The van der Waals surface area contributed by atoms with Crippen molar-refractivity contribution in [1.82, 2.24) is 20.5 Å². The SMILES string of the molecule is CCOCCOc1ccc(Cl)cc1NC(=O)NCCc1nc(-c2ccco2)n[nH]1. The number of urea groups is 1. The van der Waals surface area contributed by atoms with E-state index < -0.39 is 0 Å². The van der Waals surface area contributed by atoms with Gasteiger partial charge in [0.15, 0.2) is 5.76 Å². The molecule has 154 valence electrons. The molecule has 0 saturated heterocycles. The summed E-state index contributed by atoms with van der Waals surface area (Å²) in [5, 5.41) is 12.9. The zero-order chi connectivity index (χ0) is 20.5. The highest BCUT2D eigenvalue weighted by molar-refractivity contribution is 6.31. The standard InChI is InChI=1S/C19H22ClN5O4/c1-2-27-10-11-29-15-6-5-13(20)12-14(15)22-19(26)21-8-7-17-23-18(25-24-17)16-4-3-9-28-16/h3-6,9,12H,2,7-8,10-11H2,1H3,(H2,21,22,26)(H,23,24,25). The fourth-order valence-electron chi connectivity index (χ4n) is 2.46. The molecule has 0 spiro atoms. The summed E-state index contributed by atoms with van der Waals surface area (Å²) in [6, 6.07) is 8.19. The van der Waals surface area contributed by atoms with Gasteiger partial charge in [0.1, 0.15) is 18.2 Å². The van der Waals surface area contributed by atoms with Gasteiger partial charge in [-0.05, 0) is 37.3 Å². The fourth-order valence-corrected chi connectivity index (χ4v) is 2.64. The monoisotopic (exact) mass is 419 g/mol. The summed E-state index contributed by atoms with van der Waals surface area (Å²) in [4.78, 5) is 16.6. The highest BCUT2D eigenvalue weighted by atomic mass is 35.5. The fraction of sp³-hybridized carbons (Fsp3) is 0.316. The number of anilines is 1. The number of amides is 2. The van der Waals surface area contributed by atoms with Crippen molar-refractivity contribution in [3.8, 4) is 17.3 Å². The smallest absolute Gasteiger partial charge is 0.319 e. The molecular weight excluding hydrogens is 398 g/mol. The first-order valence-electron chi connectivity index (χ1n) is 9.16. The minimum Gasteiger partial charge on any atom is -0.489 e. The van der Waals surface area contributed by atoms with Crippen molar-refractivity contribution in [2.45, 2.75) is 13.3 Å². The van der Waals surface area contributed by atoms with Gasteiger partial charge in [-0.1, -0.05) is 11.6 Å². The molecule has 0 unspecified atom stereocenters. The molecule has 10 heteroatoms. The van der Waals surface area contributed by atoms with Gasteiger partial charge >= 0.3 is 6.03 Å². The molecule has 9 nitrogen and oxygen atoms in total. The van der Waals surface area contributed by atoms with E-state index in [-0.39, 0.29) is 6.03 Å². The lowest BCUT2D eigenvalue weighted by Gasteiger charge is -2.13. The highest BCUT2D eigenvalue weighted by Gasteiger charge is 2.11. The van der Waals surface area contributed by atoms with E-state index in [2.05, 4.69) is 25.8 Å². The number of aromatic amines is 1. The predicted molar refractivity (Wildman–Crippen MR) is 108 cm³/mol. The first kappa shape index (κ1) is 20.7. The average molecular weight is 420 g/mol. The zero-order valence-corrected chi connectivity index (χ0v) is 16.7. The Kier molecular flexibility index (Phi) is 7.48. The second-order valence-electron chi connectivity index (χ2n) is 5.90. The number of H-pyrrole nitrogens is 1. The van der Waals surface area contributed by atoms with Crippen LogP contribution < -0.4 is 15.4 Å². The third-order valence-corrected chi connectivity index (χ3v) is 4.03. The maximum Gasteiger partial charge on any atom is 0.319 e. The number of rotatable bonds is 10. The number of benzene rings is 1. The Hall–Kier alpha value is -3.04. The number of hydrogen-bond acceptors (Lipinski definition) is 6. The summed E-state index contributed by atoms with van der Waals surface area (Å²) in [6.07, 6.45) is 2.04. The van der Waals surface area contributed by atoms with Gasteiger partial charge in [-0.15, -0.1) is 0 Å². The van der Waals surface area contributed by atoms with Gasteiger partial charge < -0.3 is 24.5 Å². The van der Waals surface area contributed by atoms with E-state index >= 15 is 0 Å². The second-order valence-corrected chi connectivity index (χ2v) is 6.34. The summed E-state index contributed by atoms with van der Waals surface area (Å²) in [6.45, 7) is 3.72. The quantitative estimate of drug-likeness (QED) is 0.433. The topological polar surface area (TPSA) is 114 Å². The molecule has 0 bridgehead atoms. The van der Waals surface area contributed by atoms with Crippen LogP contribution in [0.2, 0.25) is 5.02 Å². The lowest BCUT2D eigenvalue weighted by Crippen LogP contribution is -2.30. The van der Waals surface area contributed by atoms with Gasteiger partial charge in [0.25, 0.3) is 0 Å². The van der Waals surface area contributed by atoms with E-state index in [0.29, 0.717) is 66.7 Å². The van der Waals surface area contributed by atoms with E-state index in [1.807, 2.05) is 6.92 Å². The predicted octanol–water partition coefficient (Wildman–Crippen LogP) is 3.50. The Morgan fingerprint density at radius 2 is 2.21 bits per heavy atom. The van der Waals surface area contributed by atoms with Gasteiger partial charge in [-0.3, -0.25) is 5.10 Å². The van der Waals surface area contributed by atoms with Crippen molar-refractivity contribution in [1.29, 1.82) is 0 Å². The molecule has 0 saturated carbocycles. The molecule has 2 heterocycles. The van der Waals surface area contributed by atoms with Crippen LogP contribution in [-0.4, -0.2) is 47.6 Å². The van der Waals surface area contributed by atoms with Crippen LogP contribution in [0.1, 0.15) is 12.7 Å². The maximum atomic E-state index is 12.2. The maximum absolute atomic E-state index is 12.2. The van der Waals surface area contributed by atoms with Crippen molar-refractivity contribution in [3.05, 3.63) is 47.4 Å². The van der Waals surface area contributed by atoms with Crippen LogP contribution >= 0.6 is 11.6 Å². The molecule has 0 atom stereocenters. The molecule has 0 radical (unpaired) electrons. The Morgan fingerprint density at radius 3 is 3.00 bits per heavy atom. The van der Waals surface area contributed by atoms with Crippen LogP contribution in [0.15, 0.2) is 41.0 Å². The molecule has 0 aliphatic heterocycles. The van der Waals surface area contributed by atoms with Gasteiger partial charge in [0.05, 0.1) is 18.6 Å². The van der Waals surface area contributed by atoms with Crippen molar-refractivity contribution in [2.75, 3.05) is 31.7 Å². The molecule has 2 amide bonds. The van der Waals surface area contributed by atoms with Crippen LogP contribution in [-0.2, 0) is 11.2 Å². The van der Waals surface area contributed by atoms with Crippen LogP contribution in [0.4, 0.5) is 10.5 Å². The summed E-state index contributed by atoms with van der Waals surface area (Å²) >= 11 is 6.03. The number of nitrogens with zero attached hydrogens (tertiary/aromatic N) is 2. The van der Waals surface area contributed by atoms with Gasteiger partial charge in [0, 0.05) is 24.6 Å². The number of carbonyl (C=O) groups is 1. The summed E-state index contributed by atoms with van der Waals surface area (Å²) in [5.74, 6) is 2.21. The zero-order valence-electron chi connectivity index (χ0n) is 15.9. The van der Waals surface area contributed by atoms with Gasteiger partial charge in [0.2, 0.25) is 5.82 Å². The Labute approximate surface area is 172 Å². The number of ether oxygens (including phenoxy) is 2. The number of halogens is 1. The largest absolute Gasteiger partial charge is 0.489 e. The lowest BCUT2D eigenvalue weighted by molar-refractivity contribution is 0.110. The van der Waals surface area contributed by atoms with Crippen molar-refractivity contribution >= 4 is 23.3 Å². The number of furan rings is 1. The molecular formula is C19H22ClN5O4. The molecule has 3 N–H and O–H groups in total. The van der Waals surface area contributed by atoms with E-state index in [0.717, 1.165) is 0 Å². The van der Waals surface area contributed by atoms with Crippen molar-refractivity contribution < 1.29 is 18.7 Å². The van der Waals surface area contributed by atoms with Crippen LogP contribution in [0, 0.1) is 0 Å². The molecule has 0 fully saturated rings. The Morgan fingerprint density at radius 1 is 1.31 bits per heavy atom. The normalized spacial score (nSPS) is 10.7. The van der Waals surface area contributed by atoms with Crippen molar-refractivity contribution in [3.63, 3.8) is 0 Å². The number of aromatic nitrogens is 3. The minimum atomic E-state index is -0.382. The summed E-state index contributed by atoms with van der Waals surface area (Å²) in [5.41, 5.74) is 0.478. The molecule has 2 aromatic heterocycles. The van der Waals surface area contributed by atoms with Crippen molar-refractivity contribution in [2.24, 2.45) is 0 Å². The summed E-state index contributed by atoms with van der Waals surface area (Å²) < 4.78 is 16.1. The highest BCUT2D eigenvalue weighted by Crippen LogP contribution is 2.28. The molecule has 3 rings (SSSR count). The van der Waals surface area contributed by atoms with E-state index in [9.17, 15) is 4.79 Å². The average Bonchev–Trinajstić information content (AvgIpc) is 3.38. The Bertz CT molecular complexity index is 913. The number of nitrogens with one attached hydrogen (secondary N) is 3. The molecule has 3 aromatic rings. The third-order valence-electron chi connectivity index (χ3n) is 3.80. The van der Waals surface area contributed by atoms with E-state index in [1.165, 1.54) is 0 Å². The lowest BCUT2D eigenvalue weighted by atomic mass is 10.3. The van der Waals surface area contributed by atoms with E-state index in [1.54, 1.807) is 36.6 Å². The third kappa shape index (κ3) is 6.23. The molecule has 1 aromatic carbocycles. The van der Waals surface area contributed by atoms with E-state index in [4.69, 9.17) is 25.5 Å². The first-order chi connectivity index (χ1) is 14.2. The van der Waals surface area contributed by atoms with Gasteiger partial charge in [-0.25, -0.2) is 9.78 Å². The summed E-state index contributed by atoms with van der Waals surface area (Å²) in [7, 11) is 0. The van der Waals surface area contributed by atoms with Crippen LogP contribution in [0.5, 0.6) is 5.75 Å². The Balaban J connectivity index is 1.48. The minimum absolute atomic E-state index is 0.361. The first-order valence-corrected chi connectivity index (χ1v) is 9.53. The molecule has 0 aliphatic rings. The van der Waals surface area contributed by atoms with Gasteiger partial charge in [-0.2, -0.15) is 5.10 Å². The van der Waals surface area contributed by atoms with Crippen LogP contribution in [0.25, 0.3) is 11.6 Å². The van der Waals surface area contributed by atoms with Crippen LogP contribution in [0.3, 0.4) is 0 Å². The second kappa shape index (κ2) is 10.5. The number of carbonyl (C=O) groups excluding carboxylic acids is 1.